The fourth-order valence-electron chi connectivity index (χ4n) is 7.92. The Bertz CT molecular complexity index is 1320. The zero-order valence-electron chi connectivity index (χ0n) is 44.6. The van der Waals surface area contributed by atoms with Crippen molar-refractivity contribution >= 4 is 17.9 Å². The van der Waals surface area contributed by atoms with E-state index in [1.54, 1.807) is 0 Å². The molecule has 0 radical (unpaired) electrons. The molecule has 0 aromatic rings. The molecule has 0 spiro atoms. The molecule has 0 aliphatic carbocycles. The fourth-order valence-corrected chi connectivity index (χ4v) is 7.92. The standard InChI is InChI=1S/C62H106O6/c1-4-7-10-13-16-19-22-25-27-28-29-30-31-32-33-34-36-37-40-43-46-49-52-55-61(64)67-58-59(57-66-60(63)54-51-48-45-42-39-24-21-18-15-12-9-6-3)68-62(65)56-53-50-47-44-41-38-35-26-23-20-17-14-11-8-5-2/h7-8,10-11,16-17,19-20,25-27,29-30,35,59H,4-6,9,12-15,18,21-24,28,31-34,36-58H2,1-3H3/b10-7-,11-8-,19-16-,20-17-,27-25-,30-29-,35-26-. The first-order valence-corrected chi connectivity index (χ1v) is 28.6. The second kappa shape index (κ2) is 56.2. The number of rotatable bonds is 51. The van der Waals surface area contributed by atoms with Gasteiger partial charge in [-0.05, 0) is 89.9 Å². The minimum absolute atomic E-state index is 0.0827. The van der Waals surface area contributed by atoms with Gasteiger partial charge in [0, 0.05) is 19.3 Å². The topological polar surface area (TPSA) is 78.9 Å². The molecular formula is C62H106O6. The van der Waals surface area contributed by atoms with Gasteiger partial charge in [-0.3, -0.25) is 14.4 Å². The Morgan fingerprint density at radius 2 is 0.574 bits per heavy atom. The molecule has 6 heteroatoms. The summed E-state index contributed by atoms with van der Waals surface area (Å²) < 4.78 is 16.8. The van der Waals surface area contributed by atoms with Gasteiger partial charge in [-0.15, -0.1) is 0 Å². The summed E-state index contributed by atoms with van der Waals surface area (Å²) in [4.78, 5) is 38.1. The van der Waals surface area contributed by atoms with Crippen LogP contribution in [0.15, 0.2) is 85.1 Å². The molecule has 6 nitrogen and oxygen atoms in total. The predicted molar refractivity (Wildman–Crippen MR) is 293 cm³/mol. The fraction of sp³-hybridized carbons (Fsp3) is 0.726. The molecule has 0 saturated heterocycles. The molecule has 1 unspecified atom stereocenters. The van der Waals surface area contributed by atoms with Crippen molar-refractivity contribution in [2.24, 2.45) is 0 Å². The summed E-state index contributed by atoms with van der Waals surface area (Å²) in [5.74, 6) is -0.898. The average molecular weight is 948 g/mol. The zero-order valence-corrected chi connectivity index (χ0v) is 44.6. The Hall–Kier alpha value is -3.41. The van der Waals surface area contributed by atoms with Crippen LogP contribution in [0.3, 0.4) is 0 Å². The molecule has 0 aromatic carbocycles. The van der Waals surface area contributed by atoms with E-state index in [0.29, 0.717) is 19.3 Å². The van der Waals surface area contributed by atoms with Crippen molar-refractivity contribution in [1.82, 2.24) is 0 Å². The van der Waals surface area contributed by atoms with Gasteiger partial charge < -0.3 is 14.2 Å². The molecule has 0 aromatic heterocycles. The van der Waals surface area contributed by atoms with E-state index in [0.717, 1.165) is 122 Å². The van der Waals surface area contributed by atoms with Crippen molar-refractivity contribution in [1.29, 1.82) is 0 Å². The van der Waals surface area contributed by atoms with E-state index in [1.807, 2.05) is 0 Å². The lowest BCUT2D eigenvalue weighted by atomic mass is 10.0. The second-order valence-electron chi connectivity index (χ2n) is 18.8. The maximum atomic E-state index is 12.8. The number of hydrogen-bond acceptors (Lipinski definition) is 6. The van der Waals surface area contributed by atoms with Gasteiger partial charge in [-0.1, -0.05) is 247 Å². The second-order valence-corrected chi connectivity index (χ2v) is 18.8. The number of hydrogen-bond donors (Lipinski definition) is 0. The summed E-state index contributed by atoms with van der Waals surface area (Å²) in [6.07, 6.45) is 72.9. The molecule has 0 rings (SSSR count). The largest absolute Gasteiger partial charge is 0.462 e. The van der Waals surface area contributed by atoms with Crippen LogP contribution in [-0.2, 0) is 28.6 Å². The van der Waals surface area contributed by atoms with Crippen LogP contribution in [0, 0.1) is 0 Å². The van der Waals surface area contributed by atoms with Crippen molar-refractivity contribution in [2.45, 2.75) is 277 Å². The van der Waals surface area contributed by atoms with Gasteiger partial charge in [0.2, 0.25) is 0 Å². The third-order valence-corrected chi connectivity index (χ3v) is 12.1. The van der Waals surface area contributed by atoms with E-state index in [-0.39, 0.29) is 31.1 Å². The highest BCUT2D eigenvalue weighted by molar-refractivity contribution is 5.71. The molecule has 0 aliphatic rings. The monoisotopic (exact) mass is 947 g/mol. The zero-order chi connectivity index (χ0) is 49.3. The molecular weight excluding hydrogens is 841 g/mol. The third-order valence-electron chi connectivity index (χ3n) is 12.1. The summed E-state index contributed by atoms with van der Waals surface area (Å²) in [6, 6.07) is 0. The molecule has 0 saturated carbocycles. The van der Waals surface area contributed by atoms with Gasteiger partial charge in [0.05, 0.1) is 0 Å². The van der Waals surface area contributed by atoms with Crippen LogP contribution in [0.2, 0.25) is 0 Å². The SMILES string of the molecule is CC/C=C\C/C=C\C/C=C\C/C=C\CCCCCCCCCCCCC(=O)OCC(COC(=O)CCCCCCCCCCCCCC)OC(=O)CCCCCCC/C=C\C/C=C\C/C=C\CC. The Morgan fingerprint density at radius 1 is 0.309 bits per heavy atom. The highest BCUT2D eigenvalue weighted by Crippen LogP contribution is 2.15. The molecule has 68 heavy (non-hydrogen) atoms. The smallest absolute Gasteiger partial charge is 0.306 e. The van der Waals surface area contributed by atoms with Crippen molar-refractivity contribution < 1.29 is 28.6 Å². The molecule has 0 aliphatic heterocycles. The average Bonchev–Trinajstić information content (AvgIpc) is 3.34. The number of carbonyl (C=O) groups excluding carboxylic acids is 3. The summed E-state index contributed by atoms with van der Waals surface area (Å²) in [5, 5.41) is 0. The van der Waals surface area contributed by atoms with Crippen molar-refractivity contribution in [3.8, 4) is 0 Å². The van der Waals surface area contributed by atoms with Crippen molar-refractivity contribution in [2.75, 3.05) is 13.2 Å². The number of ether oxygens (including phenoxy) is 3. The quantitative estimate of drug-likeness (QED) is 0.0262. The van der Waals surface area contributed by atoms with Crippen LogP contribution >= 0.6 is 0 Å². The van der Waals surface area contributed by atoms with E-state index in [1.165, 1.54) is 109 Å². The van der Waals surface area contributed by atoms with E-state index in [4.69, 9.17) is 14.2 Å². The lowest BCUT2D eigenvalue weighted by molar-refractivity contribution is -0.167. The van der Waals surface area contributed by atoms with Crippen LogP contribution in [0.1, 0.15) is 271 Å². The first kappa shape index (κ1) is 64.6. The summed E-state index contributed by atoms with van der Waals surface area (Å²) in [7, 11) is 0. The van der Waals surface area contributed by atoms with Gasteiger partial charge in [-0.2, -0.15) is 0 Å². The minimum Gasteiger partial charge on any atom is -0.462 e. The lowest BCUT2D eigenvalue weighted by Crippen LogP contribution is -2.30. The molecule has 0 amide bonds. The molecule has 0 fully saturated rings. The van der Waals surface area contributed by atoms with Crippen LogP contribution in [-0.4, -0.2) is 37.2 Å². The maximum absolute atomic E-state index is 12.8. The lowest BCUT2D eigenvalue weighted by Gasteiger charge is -2.18. The van der Waals surface area contributed by atoms with E-state index in [9.17, 15) is 14.4 Å². The van der Waals surface area contributed by atoms with Gasteiger partial charge in [0.1, 0.15) is 13.2 Å². The number of allylic oxidation sites excluding steroid dienone is 14. The summed E-state index contributed by atoms with van der Waals surface area (Å²) in [5.41, 5.74) is 0. The Labute approximate surface area is 420 Å². The highest BCUT2D eigenvalue weighted by Gasteiger charge is 2.19. The molecule has 0 heterocycles. The minimum atomic E-state index is -0.786. The number of unbranched alkanes of at least 4 members (excludes halogenated alkanes) is 26. The predicted octanol–water partition coefficient (Wildman–Crippen LogP) is 19.2. The molecule has 0 N–H and O–H groups in total. The molecule has 0 bridgehead atoms. The summed E-state index contributed by atoms with van der Waals surface area (Å²) >= 11 is 0. The maximum Gasteiger partial charge on any atom is 0.306 e. The van der Waals surface area contributed by atoms with E-state index < -0.39 is 6.10 Å². The van der Waals surface area contributed by atoms with E-state index >= 15 is 0 Å². The summed E-state index contributed by atoms with van der Waals surface area (Å²) in [6.45, 7) is 6.41. The number of carbonyl (C=O) groups is 3. The normalized spacial score (nSPS) is 12.7. The van der Waals surface area contributed by atoms with Crippen LogP contribution in [0.4, 0.5) is 0 Å². The van der Waals surface area contributed by atoms with Gasteiger partial charge in [0.15, 0.2) is 6.10 Å². The molecule has 1 atom stereocenters. The van der Waals surface area contributed by atoms with Crippen LogP contribution in [0.5, 0.6) is 0 Å². The first-order valence-electron chi connectivity index (χ1n) is 28.6. The highest BCUT2D eigenvalue weighted by atomic mass is 16.6. The molecule has 390 valence electrons. The Morgan fingerprint density at radius 3 is 0.897 bits per heavy atom. The van der Waals surface area contributed by atoms with Gasteiger partial charge in [-0.25, -0.2) is 0 Å². The Kier molecular flexibility index (Phi) is 53.4. The van der Waals surface area contributed by atoms with Gasteiger partial charge in [0.25, 0.3) is 0 Å². The first-order chi connectivity index (χ1) is 33.5. The van der Waals surface area contributed by atoms with Crippen LogP contribution < -0.4 is 0 Å². The van der Waals surface area contributed by atoms with Gasteiger partial charge >= 0.3 is 17.9 Å². The van der Waals surface area contributed by atoms with Crippen molar-refractivity contribution in [3.05, 3.63) is 85.1 Å². The third kappa shape index (κ3) is 53.5. The number of esters is 3. The Balaban J connectivity index is 4.33. The van der Waals surface area contributed by atoms with Crippen molar-refractivity contribution in [3.63, 3.8) is 0 Å². The van der Waals surface area contributed by atoms with E-state index in [2.05, 4.69) is 106 Å². The van der Waals surface area contributed by atoms with Crippen LogP contribution in [0.25, 0.3) is 0 Å².